The molecule has 0 aromatic heterocycles. The number of nitrogens with one attached hydrogen (secondary N) is 1. The van der Waals surface area contributed by atoms with E-state index in [1.165, 1.54) is 13.5 Å². The second kappa shape index (κ2) is 9.52. The summed E-state index contributed by atoms with van der Waals surface area (Å²) in [6.45, 7) is 4.44. The molecule has 2 fully saturated rings. The molecule has 25 heavy (non-hydrogen) atoms. The lowest BCUT2D eigenvalue weighted by Gasteiger charge is -2.32. The van der Waals surface area contributed by atoms with E-state index in [0.717, 1.165) is 51.4 Å². The Morgan fingerprint density at radius 3 is 2.64 bits per heavy atom. The van der Waals surface area contributed by atoms with Gasteiger partial charge < -0.3 is 14.8 Å². The van der Waals surface area contributed by atoms with Crippen molar-refractivity contribution in [2.45, 2.75) is 25.6 Å². The van der Waals surface area contributed by atoms with Crippen molar-refractivity contribution in [2.75, 3.05) is 46.4 Å². The minimum Gasteiger partial charge on any atom is -0.493 e. The molecule has 1 N–H and O–H groups in total. The van der Waals surface area contributed by atoms with Gasteiger partial charge in [0.25, 0.3) is 0 Å². The van der Waals surface area contributed by atoms with Gasteiger partial charge in [0.2, 0.25) is 0 Å². The van der Waals surface area contributed by atoms with E-state index >= 15 is 0 Å². The third-order valence-electron chi connectivity index (χ3n) is 4.77. The number of alkyl halides is 2. The highest BCUT2D eigenvalue weighted by molar-refractivity contribution is 5.85. The van der Waals surface area contributed by atoms with Gasteiger partial charge >= 0.3 is 6.61 Å². The summed E-state index contributed by atoms with van der Waals surface area (Å²) in [5.74, 6) is 0.432. The van der Waals surface area contributed by atoms with E-state index in [1.807, 2.05) is 6.07 Å². The third-order valence-corrected chi connectivity index (χ3v) is 4.77. The fourth-order valence-electron chi connectivity index (χ4n) is 3.56. The summed E-state index contributed by atoms with van der Waals surface area (Å²) in [4.78, 5) is 4.98. The molecule has 142 valence electrons. The van der Waals surface area contributed by atoms with Crippen molar-refractivity contribution in [3.63, 3.8) is 0 Å². The molecular weight excluding hydrogens is 352 g/mol. The molecule has 2 aliphatic rings. The van der Waals surface area contributed by atoms with Crippen LogP contribution < -0.4 is 14.8 Å². The number of nitrogens with zero attached hydrogens (tertiary/aromatic N) is 2. The highest BCUT2D eigenvalue weighted by atomic mass is 35.5. The van der Waals surface area contributed by atoms with Crippen LogP contribution in [-0.4, -0.2) is 68.8 Å². The maximum Gasteiger partial charge on any atom is 0.387 e. The van der Waals surface area contributed by atoms with Gasteiger partial charge in [0.05, 0.1) is 7.11 Å². The molecule has 0 amide bonds. The average Bonchev–Trinajstić information content (AvgIpc) is 3.05. The number of methoxy groups -OCH3 is 1. The standard InChI is InChI=1S/C17H25F2N3O2.ClH/c1-23-16-10-13(2-3-15(16)24-17(18)19)11-21-7-4-14(12-21)22-8-5-20-6-9-22;/h2-3,10,14,17,20H,4-9,11-12H2,1H3;1H. The first kappa shape index (κ1) is 20.2. The SMILES string of the molecule is COc1cc(CN2CCC(N3CCNCC3)C2)ccc1OC(F)F.Cl. The first-order valence-corrected chi connectivity index (χ1v) is 8.44. The lowest BCUT2D eigenvalue weighted by atomic mass is 10.2. The zero-order chi connectivity index (χ0) is 16.9. The van der Waals surface area contributed by atoms with E-state index in [-0.39, 0.29) is 18.2 Å². The second-order valence-corrected chi connectivity index (χ2v) is 6.33. The summed E-state index contributed by atoms with van der Waals surface area (Å²) in [7, 11) is 1.47. The quantitative estimate of drug-likeness (QED) is 0.822. The first-order valence-electron chi connectivity index (χ1n) is 8.44. The molecule has 5 nitrogen and oxygen atoms in total. The highest BCUT2D eigenvalue weighted by Crippen LogP contribution is 2.30. The van der Waals surface area contributed by atoms with Gasteiger partial charge in [-0.1, -0.05) is 6.07 Å². The molecule has 1 unspecified atom stereocenters. The van der Waals surface area contributed by atoms with Crippen LogP contribution in [0, 0.1) is 0 Å². The van der Waals surface area contributed by atoms with Gasteiger partial charge in [-0.05, 0) is 24.1 Å². The summed E-state index contributed by atoms with van der Waals surface area (Å²) in [6, 6.07) is 5.80. The number of halogens is 3. The summed E-state index contributed by atoms with van der Waals surface area (Å²) >= 11 is 0. The van der Waals surface area contributed by atoms with Crippen LogP contribution in [0.2, 0.25) is 0 Å². The average molecular weight is 378 g/mol. The Balaban J connectivity index is 0.00000225. The van der Waals surface area contributed by atoms with Crippen molar-refractivity contribution in [1.82, 2.24) is 15.1 Å². The van der Waals surface area contributed by atoms with Crippen molar-refractivity contribution in [2.24, 2.45) is 0 Å². The number of ether oxygens (including phenoxy) is 2. The zero-order valence-corrected chi connectivity index (χ0v) is 15.2. The Morgan fingerprint density at radius 2 is 1.96 bits per heavy atom. The van der Waals surface area contributed by atoms with E-state index in [2.05, 4.69) is 19.9 Å². The van der Waals surface area contributed by atoms with E-state index in [0.29, 0.717) is 11.8 Å². The van der Waals surface area contributed by atoms with Crippen LogP contribution in [0.4, 0.5) is 8.78 Å². The number of hydrogen-bond acceptors (Lipinski definition) is 5. The molecule has 0 radical (unpaired) electrons. The van der Waals surface area contributed by atoms with Gasteiger partial charge in [-0.15, -0.1) is 12.4 Å². The van der Waals surface area contributed by atoms with Gasteiger partial charge in [-0.3, -0.25) is 9.80 Å². The van der Waals surface area contributed by atoms with E-state index in [4.69, 9.17) is 4.74 Å². The van der Waals surface area contributed by atoms with Crippen LogP contribution in [0.1, 0.15) is 12.0 Å². The van der Waals surface area contributed by atoms with Crippen molar-refractivity contribution >= 4 is 12.4 Å². The fourth-order valence-corrected chi connectivity index (χ4v) is 3.56. The number of hydrogen-bond donors (Lipinski definition) is 1. The maximum atomic E-state index is 12.4. The monoisotopic (exact) mass is 377 g/mol. The number of piperazine rings is 1. The maximum absolute atomic E-state index is 12.4. The van der Waals surface area contributed by atoms with Gasteiger partial charge in [0.15, 0.2) is 11.5 Å². The van der Waals surface area contributed by atoms with E-state index in [1.54, 1.807) is 12.1 Å². The Bertz CT molecular complexity index is 545. The fraction of sp³-hybridized carbons (Fsp3) is 0.647. The summed E-state index contributed by atoms with van der Waals surface area (Å²) in [5.41, 5.74) is 1.05. The lowest BCUT2D eigenvalue weighted by Crippen LogP contribution is -2.49. The first-order chi connectivity index (χ1) is 11.7. The Labute approximate surface area is 153 Å². The molecule has 8 heteroatoms. The smallest absolute Gasteiger partial charge is 0.387 e. The Hall–Kier alpha value is -1.15. The van der Waals surface area contributed by atoms with Gasteiger partial charge in [-0.25, -0.2) is 0 Å². The zero-order valence-electron chi connectivity index (χ0n) is 14.4. The number of benzene rings is 1. The predicted octanol–water partition coefficient (Wildman–Crippen LogP) is 2.20. The van der Waals surface area contributed by atoms with Crippen molar-refractivity contribution in [1.29, 1.82) is 0 Å². The van der Waals surface area contributed by atoms with E-state index in [9.17, 15) is 8.78 Å². The van der Waals surface area contributed by atoms with E-state index < -0.39 is 6.61 Å². The Kier molecular flexibility index (Phi) is 7.68. The van der Waals surface area contributed by atoms with Gasteiger partial charge in [0, 0.05) is 51.9 Å². The topological polar surface area (TPSA) is 37.0 Å². The summed E-state index contributed by atoms with van der Waals surface area (Å²) in [5, 5.41) is 3.39. The molecule has 1 aromatic rings. The third kappa shape index (κ3) is 5.41. The molecule has 0 spiro atoms. The molecule has 0 saturated carbocycles. The molecule has 3 rings (SSSR count). The molecule has 0 aliphatic carbocycles. The minimum absolute atomic E-state index is 0. The van der Waals surface area contributed by atoms with Crippen molar-refractivity contribution in [3.8, 4) is 11.5 Å². The normalized spacial score (nSPS) is 22.0. The molecule has 2 heterocycles. The molecular formula is C17H26ClF2N3O2. The molecule has 0 bridgehead atoms. The second-order valence-electron chi connectivity index (χ2n) is 6.33. The van der Waals surface area contributed by atoms with Crippen LogP contribution in [0.25, 0.3) is 0 Å². The molecule has 2 aliphatic heterocycles. The highest BCUT2D eigenvalue weighted by Gasteiger charge is 2.28. The van der Waals surface area contributed by atoms with Crippen LogP contribution >= 0.6 is 12.4 Å². The van der Waals surface area contributed by atoms with Crippen molar-refractivity contribution in [3.05, 3.63) is 23.8 Å². The largest absolute Gasteiger partial charge is 0.493 e. The van der Waals surface area contributed by atoms with Crippen LogP contribution in [0.5, 0.6) is 11.5 Å². The predicted molar refractivity (Wildman–Crippen MR) is 95.0 cm³/mol. The van der Waals surface area contributed by atoms with Crippen LogP contribution in [0.3, 0.4) is 0 Å². The van der Waals surface area contributed by atoms with Crippen LogP contribution in [-0.2, 0) is 6.54 Å². The summed E-state index contributed by atoms with van der Waals surface area (Å²) < 4.78 is 34.4. The number of likely N-dealkylation sites (tertiary alicyclic amines) is 1. The van der Waals surface area contributed by atoms with Gasteiger partial charge in [-0.2, -0.15) is 8.78 Å². The van der Waals surface area contributed by atoms with Crippen LogP contribution in [0.15, 0.2) is 18.2 Å². The number of rotatable bonds is 6. The lowest BCUT2D eigenvalue weighted by molar-refractivity contribution is -0.0512. The molecule has 1 atom stereocenters. The van der Waals surface area contributed by atoms with Crippen molar-refractivity contribution < 1.29 is 18.3 Å². The van der Waals surface area contributed by atoms with Gasteiger partial charge in [0.1, 0.15) is 0 Å². The minimum atomic E-state index is -2.84. The Morgan fingerprint density at radius 1 is 1.20 bits per heavy atom. The summed E-state index contributed by atoms with van der Waals surface area (Å²) in [6.07, 6.45) is 1.18. The molecule has 2 saturated heterocycles. The molecule has 1 aromatic carbocycles.